The summed E-state index contributed by atoms with van der Waals surface area (Å²) >= 11 is 0. The quantitative estimate of drug-likeness (QED) is 0.576. The highest BCUT2D eigenvalue weighted by molar-refractivity contribution is 5.76. The minimum Gasteiger partial charge on any atom is -0.481 e. The molecule has 0 unspecified atom stereocenters. The van der Waals surface area contributed by atoms with Gasteiger partial charge in [-0.05, 0) is 31.6 Å². The van der Waals surface area contributed by atoms with Gasteiger partial charge in [-0.2, -0.15) is 0 Å². The second-order valence-electron chi connectivity index (χ2n) is 4.27. The third-order valence-corrected chi connectivity index (χ3v) is 2.84. The number of carbonyl (C=O) groups is 2. The van der Waals surface area contributed by atoms with Gasteiger partial charge in [-0.25, -0.2) is 0 Å². The molecule has 1 saturated carbocycles. The first-order valence-electron chi connectivity index (χ1n) is 5.62. The van der Waals surface area contributed by atoms with E-state index in [2.05, 4.69) is 6.58 Å². The van der Waals surface area contributed by atoms with E-state index < -0.39 is 11.9 Å². The second-order valence-corrected chi connectivity index (χ2v) is 4.27. The molecule has 0 aromatic rings. The Balaban J connectivity index is 2.12. The molecule has 90 valence electrons. The summed E-state index contributed by atoms with van der Waals surface area (Å²) in [7, 11) is 0. The topological polar surface area (TPSA) is 63.6 Å². The predicted octanol–water partition coefficient (Wildman–Crippen LogP) is 2.14. The van der Waals surface area contributed by atoms with Crippen LogP contribution in [0.25, 0.3) is 0 Å². The van der Waals surface area contributed by atoms with Gasteiger partial charge in [-0.15, -0.1) is 0 Å². The standard InChI is InChI=1S/C12H18O4/c1-9-2-4-10(5-3-9)8-16-12(15)7-6-11(13)14/h10H,1-8H2,(H,13,14). The molecule has 0 heterocycles. The minimum absolute atomic E-state index is 0.0330. The molecule has 1 aliphatic rings. The maximum Gasteiger partial charge on any atom is 0.306 e. The Bertz CT molecular complexity index is 273. The molecule has 0 aromatic heterocycles. The number of rotatable bonds is 5. The number of carbonyl (C=O) groups excluding carboxylic acids is 1. The zero-order chi connectivity index (χ0) is 12.0. The number of carboxylic acids is 1. The molecule has 0 amide bonds. The fourth-order valence-electron chi connectivity index (χ4n) is 1.74. The minimum atomic E-state index is -0.967. The number of ether oxygens (including phenoxy) is 1. The highest BCUT2D eigenvalue weighted by Gasteiger charge is 2.17. The molecule has 1 N–H and O–H groups in total. The van der Waals surface area contributed by atoms with Gasteiger partial charge < -0.3 is 9.84 Å². The van der Waals surface area contributed by atoms with E-state index in [1.54, 1.807) is 0 Å². The van der Waals surface area contributed by atoms with Crippen molar-refractivity contribution in [1.82, 2.24) is 0 Å². The van der Waals surface area contributed by atoms with Crippen molar-refractivity contribution in [3.8, 4) is 0 Å². The Morgan fingerprint density at radius 3 is 2.50 bits per heavy atom. The molecule has 0 bridgehead atoms. The molecule has 0 saturated heterocycles. The van der Waals surface area contributed by atoms with Gasteiger partial charge in [0.2, 0.25) is 0 Å². The molecule has 4 heteroatoms. The van der Waals surface area contributed by atoms with E-state index in [0.717, 1.165) is 25.7 Å². The van der Waals surface area contributed by atoms with Gasteiger partial charge in [0.05, 0.1) is 19.4 Å². The van der Waals surface area contributed by atoms with E-state index in [1.165, 1.54) is 5.57 Å². The molecule has 1 aliphatic carbocycles. The van der Waals surface area contributed by atoms with E-state index in [1.807, 2.05) is 0 Å². The van der Waals surface area contributed by atoms with Crippen LogP contribution in [-0.4, -0.2) is 23.7 Å². The van der Waals surface area contributed by atoms with Crippen LogP contribution in [0.3, 0.4) is 0 Å². The molecule has 1 rings (SSSR count). The van der Waals surface area contributed by atoms with E-state index in [4.69, 9.17) is 9.84 Å². The van der Waals surface area contributed by atoms with Crippen molar-refractivity contribution in [2.75, 3.05) is 6.61 Å². The van der Waals surface area contributed by atoms with Crippen LogP contribution < -0.4 is 0 Å². The maximum absolute atomic E-state index is 11.2. The van der Waals surface area contributed by atoms with Crippen LogP contribution in [0.15, 0.2) is 12.2 Å². The van der Waals surface area contributed by atoms with Gasteiger partial charge in [-0.1, -0.05) is 12.2 Å². The number of hydrogen-bond acceptors (Lipinski definition) is 3. The molecule has 1 fully saturated rings. The lowest BCUT2D eigenvalue weighted by atomic mass is 9.87. The lowest BCUT2D eigenvalue weighted by Crippen LogP contribution is -2.17. The van der Waals surface area contributed by atoms with E-state index in [9.17, 15) is 9.59 Å². The number of allylic oxidation sites excluding steroid dienone is 1. The van der Waals surface area contributed by atoms with Gasteiger partial charge in [0.25, 0.3) is 0 Å². The molecular formula is C12H18O4. The molecule has 0 radical (unpaired) electrons. The van der Waals surface area contributed by atoms with Crippen LogP contribution in [0.4, 0.5) is 0 Å². The van der Waals surface area contributed by atoms with Crippen molar-refractivity contribution in [3.63, 3.8) is 0 Å². The van der Waals surface area contributed by atoms with Crippen molar-refractivity contribution in [2.24, 2.45) is 5.92 Å². The Hall–Kier alpha value is -1.32. The van der Waals surface area contributed by atoms with Crippen LogP contribution in [0.1, 0.15) is 38.5 Å². The van der Waals surface area contributed by atoms with Crippen molar-refractivity contribution >= 4 is 11.9 Å². The molecule has 0 spiro atoms. The summed E-state index contributed by atoms with van der Waals surface area (Å²) < 4.78 is 5.04. The van der Waals surface area contributed by atoms with Gasteiger partial charge >= 0.3 is 11.9 Å². The first-order valence-corrected chi connectivity index (χ1v) is 5.62. The average Bonchev–Trinajstić information content (AvgIpc) is 2.25. The second kappa shape index (κ2) is 6.30. The highest BCUT2D eigenvalue weighted by atomic mass is 16.5. The van der Waals surface area contributed by atoms with Crippen molar-refractivity contribution in [3.05, 3.63) is 12.2 Å². The van der Waals surface area contributed by atoms with Gasteiger partial charge in [0.1, 0.15) is 0 Å². The third kappa shape index (κ3) is 4.96. The van der Waals surface area contributed by atoms with Gasteiger partial charge in [0, 0.05) is 0 Å². The fourth-order valence-corrected chi connectivity index (χ4v) is 1.74. The summed E-state index contributed by atoms with van der Waals surface area (Å²) in [6.07, 6.45) is 3.87. The monoisotopic (exact) mass is 226 g/mol. The van der Waals surface area contributed by atoms with Gasteiger partial charge in [0.15, 0.2) is 0 Å². The number of carboxylic acid groups (broad SMARTS) is 1. The van der Waals surface area contributed by atoms with Crippen LogP contribution >= 0.6 is 0 Å². The summed E-state index contributed by atoms with van der Waals surface area (Å²) in [5, 5.41) is 8.39. The molecule has 0 atom stereocenters. The van der Waals surface area contributed by atoms with Crippen LogP contribution in [-0.2, 0) is 14.3 Å². The SMILES string of the molecule is C=C1CCC(COC(=O)CCC(=O)O)CC1. The Morgan fingerprint density at radius 2 is 1.94 bits per heavy atom. The maximum atomic E-state index is 11.2. The normalized spacial score (nSPS) is 17.1. The summed E-state index contributed by atoms with van der Waals surface area (Å²) in [4.78, 5) is 21.4. The van der Waals surface area contributed by atoms with Crippen molar-refractivity contribution < 1.29 is 19.4 Å². The van der Waals surface area contributed by atoms with Crippen molar-refractivity contribution in [2.45, 2.75) is 38.5 Å². The van der Waals surface area contributed by atoms with Crippen molar-refractivity contribution in [1.29, 1.82) is 0 Å². The number of aliphatic carboxylic acids is 1. The lowest BCUT2D eigenvalue weighted by molar-refractivity contribution is -0.148. The van der Waals surface area contributed by atoms with E-state index >= 15 is 0 Å². The summed E-state index contributed by atoms with van der Waals surface area (Å²) in [6.45, 7) is 4.34. The lowest BCUT2D eigenvalue weighted by Gasteiger charge is -2.22. The first-order chi connectivity index (χ1) is 7.58. The fraction of sp³-hybridized carbons (Fsp3) is 0.667. The van der Waals surface area contributed by atoms with Crippen LogP contribution in [0.2, 0.25) is 0 Å². The molecule has 4 nitrogen and oxygen atoms in total. The summed E-state index contributed by atoms with van der Waals surface area (Å²) in [5.74, 6) is -0.961. The van der Waals surface area contributed by atoms with Gasteiger partial charge in [-0.3, -0.25) is 9.59 Å². The largest absolute Gasteiger partial charge is 0.481 e. The smallest absolute Gasteiger partial charge is 0.306 e. The highest BCUT2D eigenvalue weighted by Crippen LogP contribution is 2.27. The molecule has 0 aromatic carbocycles. The molecular weight excluding hydrogens is 208 g/mol. The van der Waals surface area contributed by atoms with Crippen LogP contribution in [0, 0.1) is 5.92 Å². The van der Waals surface area contributed by atoms with Crippen LogP contribution in [0.5, 0.6) is 0 Å². The Morgan fingerprint density at radius 1 is 1.31 bits per heavy atom. The summed E-state index contributed by atoms with van der Waals surface area (Å²) in [5.41, 5.74) is 1.27. The number of hydrogen-bond donors (Lipinski definition) is 1. The number of esters is 1. The average molecular weight is 226 g/mol. The molecule has 16 heavy (non-hydrogen) atoms. The first kappa shape index (κ1) is 12.7. The van der Waals surface area contributed by atoms with E-state index in [0.29, 0.717) is 12.5 Å². The zero-order valence-electron chi connectivity index (χ0n) is 9.41. The zero-order valence-corrected chi connectivity index (χ0v) is 9.41. The third-order valence-electron chi connectivity index (χ3n) is 2.84. The summed E-state index contributed by atoms with van der Waals surface area (Å²) in [6, 6.07) is 0. The predicted molar refractivity (Wildman–Crippen MR) is 58.9 cm³/mol. The Labute approximate surface area is 95.3 Å². The Kier molecular flexibility index (Phi) is 5.02. The molecule has 0 aliphatic heterocycles. The van der Waals surface area contributed by atoms with E-state index in [-0.39, 0.29) is 12.8 Å².